The van der Waals surface area contributed by atoms with Crippen LogP contribution in [0.4, 0.5) is 5.69 Å². The molecule has 4 aliphatic carbocycles. The molecule has 4 fully saturated rings. The van der Waals surface area contributed by atoms with Crippen LogP contribution in [-0.4, -0.2) is 44.7 Å². The third-order valence-electron chi connectivity index (χ3n) is 6.69. The molecule has 0 atom stereocenters. The fourth-order valence-electron chi connectivity index (χ4n) is 5.93. The van der Waals surface area contributed by atoms with E-state index < -0.39 is 0 Å². The minimum absolute atomic E-state index is 0. The van der Waals surface area contributed by atoms with Crippen molar-refractivity contribution >= 4 is 18.1 Å². The normalized spacial score (nSPS) is 31.8. The maximum Gasteiger partial charge on any atom is 0.120 e. The fourth-order valence-corrected chi connectivity index (χ4v) is 5.93. The van der Waals surface area contributed by atoms with Crippen molar-refractivity contribution in [3.8, 4) is 5.75 Å². The zero-order chi connectivity index (χ0) is 17.4. The molecule has 0 heterocycles. The molecule has 0 unspecified atom stereocenters. The first kappa shape index (κ1) is 19.8. The molecular formula is C22H35ClN2O. The average Bonchev–Trinajstić information content (AvgIpc) is 2.53. The van der Waals surface area contributed by atoms with Crippen molar-refractivity contribution in [3.05, 3.63) is 24.3 Å². The van der Waals surface area contributed by atoms with E-state index in [0.29, 0.717) is 0 Å². The first-order chi connectivity index (χ1) is 12.0. The monoisotopic (exact) mass is 378 g/mol. The minimum atomic E-state index is 0. The highest BCUT2D eigenvalue weighted by Crippen LogP contribution is 2.57. The van der Waals surface area contributed by atoms with Gasteiger partial charge in [0.1, 0.15) is 11.4 Å². The maximum atomic E-state index is 6.64. The van der Waals surface area contributed by atoms with Gasteiger partial charge in [0.2, 0.25) is 0 Å². The van der Waals surface area contributed by atoms with E-state index in [1.54, 1.807) is 0 Å². The van der Waals surface area contributed by atoms with Crippen LogP contribution in [0.1, 0.15) is 44.9 Å². The van der Waals surface area contributed by atoms with Crippen molar-refractivity contribution < 1.29 is 4.74 Å². The van der Waals surface area contributed by atoms with Gasteiger partial charge in [-0.05, 0) is 108 Å². The Balaban J connectivity index is 0.00000196. The number of nitrogens with zero attached hydrogens (tertiary/aromatic N) is 2. The molecule has 0 radical (unpaired) electrons. The van der Waals surface area contributed by atoms with Crippen LogP contribution in [0.25, 0.3) is 0 Å². The Morgan fingerprint density at radius 1 is 0.885 bits per heavy atom. The van der Waals surface area contributed by atoms with Crippen LogP contribution < -0.4 is 9.64 Å². The summed E-state index contributed by atoms with van der Waals surface area (Å²) in [5, 5.41) is 0. The molecule has 4 heteroatoms. The molecule has 146 valence electrons. The van der Waals surface area contributed by atoms with Crippen molar-refractivity contribution in [2.24, 2.45) is 17.8 Å². The van der Waals surface area contributed by atoms with E-state index in [-0.39, 0.29) is 18.0 Å². The number of ether oxygens (including phenoxy) is 1. The molecule has 0 amide bonds. The lowest BCUT2D eigenvalue weighted by molar-refractivity contribution is -0.107. The number of hydrogen-bond donors (Lipinski definition) is 0. The lowest BCUT2D eigenvalue weighted by Gasteiger charge is -2.56. The topological polar surface area (TPSA) is 15.7 Å². The summed E-state index contributed by atoms with van der Waals surface area (Å²) in [6.45, 7) is 2.23. The highest BCUT2D eigenvalue weighted by atomic mass is 35.5. The molecule has 4 aliphatic rings. The quantitative estimate of drug-likeness (QED) is 0.674. The van der Waals surface area contributed by atoms with E-state index >= 15 is 0 Å². The van der Waals surface area contributed by atoms with Crippen LogP contribution in [-0.2, 0) is 0 Å². The summed E-state index contributed by atoms with van der Waals surface area (Å²) >= 11 is 0. The highest BCUT2D eigenvalue weighted by molar-refractivity contribution is 5.85. The molecule has 0 N–H and O–H groups in total. The molecule has 4 saturated carbocycles. The van der Waals surface area contributed by atoms with Gasteiger partial charge >= 0.3 is 0 Å². The molecular weight excluding hydrogens is 344 g/mol. The third kappa shape index (κ3) is 4.31. The Morgan fingerprint density at radius 2 is 1.42 bits per heavy atom. The van der Waals surface area contributed by atoms with Crippen molar-refractivity contribution in [2.75, 3.05) is 39.1 Å². The van der Waals surface area contributed by atoms with Gasteiger partial charge in [0, 0.05) is 19.3 Å². The standard InChI is InChI=1S/C22H34N2O.ClH/c1-23(2)9-4-10-24(3)20-5-7-21(8-6-20)25-22-14-17-11-18(15-22)13-19(12-17)16-22;/h5-8,17-19H,4,9-16H2,1-3H3;1H. The summed E-state index contributed by atoms with van der Waals surface area (Å²) in [7, 11) is 6.46. The molecule has 1 aromatic rings. The average molecular weight is 379 g/mol. The van der Waals surface area contributed by atoms with Crippen molar-refractivity contribution in [1.29, 1.82) is 0 Å². The molecule has 3 nitrogen and oxygen atoms in total. The van der Waals surface area contributed by atoms with Crippen molar-refractivity contribution in [1.82, 2.24) is 4.90 Å². The highest BCUT2D eigenvalue weighted by Gasteiger charge is 2.52. The molecule has 0 saturated heterocycles. The Hall–Kier alpha value is -0.930. The second-order valence-electron chi connectivity index (χ2n) is 9.27. The Bertz CT molecular complexity index is 551. The molecule has 0 spiro atoms. The number of halogens is 1. The molecule has 0 aromatic heterocycles. The van der Waals surface area contributed by atoms with E-state index in [1.807, 2.05) is 0 Å². The van der Waals surface area contributed by atoms with Gasteiger partial charge in [0.15, 0.2) is 0 Å². The number of rotatable bonds is 7. The van der Waals surface area contributed by atoms with E-state index in [1.165, 1.54) is 50.6 Å². The molecule has 0 aliphatic heterocycles. The van der Waals surface area contributed by atoms with Gasteiger partial charge in [-0.3, -0.25) is 0 Å². The van der Waals surface area contributed by atoms with Crippen LogP contribution in [0.2, 0.25) is 0 Å². The predicted molar refractivity (Wildman–Crippen MR) is 112 cm³/mol. The lowest BCUT2D eigenvalue weighted by atomic mass is 9.54. The first-order valence-electron chi connectivity index (χ1n) is 10.2. The van der Waals surface area contributed by atoms with E-state index in [2.05, 4.69) is 55.2 Å². The van der Waals surface area contributed by atoms with Gasteiger partial charge in [0.05, 0.1) is 0 Å². The largest absolute Gasteiger partial charge is 0.487 e. The molecule has 5 rings (SSSR count). The van der Waals surface area contributed by atoms with Crippen LogP contribution in [0.3, 0.4) is 0 Å². The number of benzene rings is 1. The molecule has 4 bridgehead atoms. The van der Waals surface area contributed by atoms with Gasteiger partial charge in [-0.25, -0.2) is 0 Å². The second kappa shape index (κ2) is 7.98. The summed E-state index contributed by atoms with van der Waals surface area (Å²) in [5.41, 5.74) is 1.45. The lowest BCUT2D eigenvalue weighted by Crippen LogP contribution is -2.53. The molecule has 1 aromatic carbocycles. The van der Waals surface area contributed by atoms with E-state index in [9.17, 15) is 0 Å². The number of hydrogen-bond acceptors (Lipinski definition) is 3. The van der Waals surface area contributed by atoms with Crippen LogP contribution in [0.15, 0.2) is 24.3 Å². The first-order valence-corrected chi connectivity index (χ1v) is 10.2. The van der Waals surface area contributed by atoms with Crippen molar-refractivity contribution in [3.63, 3.8) is 0 Å². The van der Waals surface area contributed by atoms with E-state index in [0.717, 1.165) is 36.6 Å². The second-order valence-corrected chi connectivity index (χ2v) is 9.27. The fraction of sp³-hybridized carbons (Fsp3) is 0.727. The third-order valence-corrected chi connectivity index (χ3v) is 6.69. The molecule has 26 heavy (non-hydrogen) atoms. The zero-order valence-electron chi connectivity index (χ0n) is 16.6. The van der Waals surface area contributed by atoms with Gasteiger partial charge in [-0.15, -0.1) is 12.4 Å². The summed E-state index contributed by atoms with van der Waals surface area (Å²) in [5.74, 6) is 3.89. The van der Waals surface area contributed by atoms with Crippen LogP contribution in [0.5, 0.6) is 5.75 Å². The zero-order valence-corrected chi connectivity index (χ0v) is 17.4. The maximum absolute atomic E-state index is 6.64. The Labute approximate surface area is 165 Å². The predicted octanol–water partition coefficient (Wildman–Crippen LogP) is 4.84. The van der Waals surface area contributed by atoms with Gasteiger partial charge in [0.25, 0.3) is 0 Å². The summed E-state index contributed by atoms with van der Waals surface area (Å²) < 4.78 is 6.64. The van der Waals surface area contributed by atoms with Gasteiger partial charge < -0.3 is 14.5 Å². The Morgan fingerprint density at radius 3 is 1.92 bits per heavy atom. The van der Waals surface area contributed by atoms with Crippen molar-refractivity contribution in [2.45, 2.75) is 50.5 Å². The van der Waals surface area contributed by atoms with Gasteiger partial charge in [-0.1, -0.05) is 0 Å². The van der Waals surface area contributed by atoms with Crippen LogP contribution in [0, 0.1) is 17.8 Å². The SMILES string of the molecule is CN(C)CCCN(C)c1ccc(OC23CC4CC(CC(C4)C2)C3)cc1.Cl. The Kier molecular flexibility index (Phi) is 6.08. The summed E-state index contributed by atoms with van der Waals surface area (Å²) in [6.07, 6.45) is 9.49. The van der Waals surface area contributed by atoms with Crippen LogP contribution >= 0.6 is 12.4 Å². The minimum Gasteiger partial charge on any atom is -0.487 e. The van der Waals surface area contributed by atoms with E-state index in [4.69, 9.17) is 4.74 Å². The smallest absolute Gasteiger partial charge is 0.120 e. The summed E-state index contributed by atoms with van der Waals surface area (Å²) in [6, 6.07) is 8.84. The number of anilines is 1. The van der Waals surface area contributed by atoms with Gasteiger partial charge in [-0.2, -0.15) is 0 Å². The summed E-state index contributed by atoms with van der Waals surface area (Å²) in [4.78, 5) is 4.59.